The summed E-state index contributed by atoms with van der Waals surface area (Å²) >= 11 is 6.93. The normalized spacial score (nSPS) is 11.1. The molecule has 2 N–H and O–H groups in total. The summed E-state index contributed by atoms with van der Waals surface area (Å²) in [6, 6.07) is 3.97. The van der Waals surface area contributed by atoms with Crippen molar-refractivity contribution in [1.82, 2.24) is 9.38 Å². The Kier molecular flexibility index (Phi) is 2.90. The van der Waals surface area contributed by atoms with Gasteiger partial charge in [0, 0.05) is 17.1 Å². The molecular formula is C9H9Br2N3. The van der Waals surface area contributed by atoms with E-state index in [1.807, 2.05) is 22.7 Å². The van der Waals surface area contributed by atoms with Crippen LogP contribution in [0.2, 0.25) is 0 Å². The van der Waals surface area contributed by atoms with Crippen LogP contribution in [0.5, 0.6) is 0 Å². The van der Waals surface area contributed by atoms with Gasteiger partial charge in [0.2, 0.25) is 0 Å². The molecule has 0 fully saturated rings. The minimum absolute atomic E-state index is 0.609. The van der Waals surface area contributed by atoms with Crippen molar-refractivity contribution in [3.05, 3.63) is 33.2 Å². The first-order chi connectivity index (χ1) is 6.74. The molecular weight excluding hydrogens is 310 g/mol. The number of pyridine rings is 1. The second-order valence-electron chi connectivity index (χ2n) is 2.93. The molecule has 0 aromatic carbocycles. The molecule has 2 heterocycles. The minimum atomic E-state index is 0.609. The Bertz CT molecular complexity index is 464. The van der Waals surface area contributed by atoms with Gasteiger partial charge in [-0.3, -0.25) is 0 Å². The number of nitrogens with two attached hydrogens (primary N) is 1. The van der Waals surface area contributed by atoms with Gasteiger partial charge in [0.25, 0.3) is 0 Å². The van der Waals surface area contributed by atoms with Crippen molar-refractivity contribution in [2.75, 3.05) is 6.54 Å². The second-order valence-corrected chi connectivity index (χ2v) is 4.54. The topological polar surface area (TPSA) is 43.3 Å². The van der Waals surface area contributed by atoms with Crippen molar-refractivity contribution in [1.29, 1.82) is 0 Å². The molecule has 74 valence electrons. The summed E-state index contributed by atoms with van der Waals surface area (Å²) in [6.45, 7) is 0.609. The summed E-state index contributed by atoms with van der Waals surface area (Å²) in [5.74, 6) is 0.982. The van der Waals surface area contributed by atoms with E-state index < -0.39 is 0 Å². The van der Waals surface area contributed by atoms with Crippen molar-refractivity contribution in [2.45, 2.75) is 6.42 Å². The highest BCUT2D eigenvalue weighted by atomic mass is 79.9. The third-order valence-electron chi connectivity index (χ3n) is 2.01. The second kappa shape index (κ2) is 4.00. The summed E-state index contributed by atoms with van der Waals surface area (Å²) in [5.41, 5.74) is 6.57. The van der Waals surface area contributed by atoms with Crippen molar-refractivity contribution in [3.63, 3.8) is 0 Å². The standard InChI is InChI=1S/C9H9Br2N3/c10-6-2-1-5-14-7(3-4-12)13-9(11)8(6)14/h1-2,5H,3-4,12H2. The molecule has 0 spiro atoms. The number of rotatable bonds is 2. The molecule has 14 heavy (non-hydrogen) atoms. The van der Waals surface area contributed by atoms with Crippen molar-refractivity contribution >= 4 is 37.4 Å². The number of fused-ring (bicyclic) bond motifs is 1. The third kappa shape index (κ3) is 1.60. The van der Waals surface area contributed by atoms with E-state index in [1.165, 1.54) is 0 Å². The van der Waals surface area contributed by atoms with Gasteiger partial charge in [-0.05, 0) is 50.5 Å². The van der Waals surface area contributed by atoms with Crippen LogP contribution in [-0.2, 0) is 6.42 Å². The molecule has 2 aromatic rings. The van der Waals surface area contributed by atoms with Gasteiger partial charge in [0.15, 0.2) is 0 Å². The van der Waals surface area contributed by atoms with Gasteiger partial charge in [-0.2, -0.15) is 0 Å². The first kappa shape index (κ1) is 10.1. The quantitative estimate of drug-likeness (QED) is 0.923. The highest BCUT2D eigenvalue weighted by Crippen LogP contribution is 2.26. The zero-order chi connectivity index (χ0) is 10.1. The Labute approximate surface area is 98.6 Å². The Morgan fingerprint density at radius 3 is 2.93 bits per heavy atom. The molecule has 2 rings (SSSR count). The number of aromatic nitrogens is 2. The molecule has 0 aliphatic carbocycles. The number of halogens is 2. The van der Waals surface area contributed by atoms with Crippen molar-refractivity contribution in [2.24, 2.45) is 5.73 Å². The third-order valence-corrected chi connectivity index (χ3v) is 3.21. The zero-order valence-electron chi connectivity index (χ0n) is 7.37. The molecule has 0 amide bonds. The van der Waals surface area contributed by atoms with Crippen LogP contribution in [0.3, 0.4) is 0 Å². The summed E-state index contributed by atoms with van der Waals surface area (Å²) in [7, 11) is 0. The van der Waals surface area contributed by atoms with Gasteiger partial charge in [-0.15, -0.1) is 0 Å². The molecule has 0 radical (unpaired) electrons. The predicted molar refractivity (Wildman–Crippen MR) is 63.4 cm³/mol. The van der Waals surface area contributed by atoms with E-state index in [2.05, 4.69) is 36.8 Å². The van der Waals surface area contributed by atoms with E-state index in [-0.39, 0.29) is 0 Å². The molecule has 2 aromatic heterocycles. The van der Waals surface area contributed by atoms with Crippen LogP contribution in [0.4, 0.5) is 0 Å². The highest BCUT2D eigenvalue weighted by molar-refractivity contribution is 9.11. The van der Waals surface area contributed by atoms with Crippen LogP contribution in [0.1, 0.15) is 5.82 Å². The number of nitrogens with zero attached hydrogens (tertiary/aromatic N) is 2. The van der Waals surface area contributed by atoms with Gasteiger partial charge >= 0.3 is 0 Å². The van der Waals surface area contributed by atoms with Crippen LogP contribution in [0.25, 0.3) is 5.52 Å². The van der Waals surface area contributed by atoms with Crippen molar-refractivity contribution in [3.8, 4) is 0 Å². The first-order valence-electron chi connectivity index (χ1n) is 4.25. The fourth-order valence-corrected chi connectivity index (χ4v) is 2.83. The molecule has 0 saturated heterocycles. The van der Waals surface area contributed by atoms with Gasteiger partial charge < -0.3 is 10.1 Å². The molecule has 0 aliphatic heterocycles. The van der Waals surface area contributed by atoms with Crippen LogP contribution < -0.4 is 5.73 Å². The monoisotopic (exact) mass is 317 g/mol. The lowest BCUT2D eigenvalue weighted by atomic mass is 10.4. The molecule has 0 saturated carbocycles. The van der Waals surface area contributed by atoms with Gasteiger partial charge in [0.05, 0.1) is 5.52 Å². The maximum Gasteiger partial charge on any atom is 0.133 e. The van der Waals surface area contributed by atoms with Crippen LogP contribution in [0.15, 0.2) is 27.4 Å². The predicted octanol–water partition coefficient (Wildman–Crippen LogP) is 2.36. The molecule has 3 nitrogen and oxygen atoms in total. The van der Waals surface area contributed by atoms with Gasteiger partial charge in [-0.1, -0.05) is 0 Å². The minimum Gasteiger partial charge on any atom is -0.330 e. The van der Waals surface area contributed by atoms with E-state index in [0.29, 0.717) is 6.54 Å². The summed E-state index contributed by atoms with van der Waals surface area (Å²) in [6.07, 6.45) is 2.77. The Morgan fingerprint density at radius 2 is 2.21 bits per heavy atom. The molecule has 0 aliphatic rings. The Morgan fingerprint density at radius 1 is 1.43 bits per heavy atom. The Hall–Kier alpha value is -0.390. The van der Waals surface area contributed by atoms with Crippen LogP contribution in [-0.4, -0.2) is 15.9 Å². The van der Waals surface area contributed by atoms with E-state index in [0.717, 1.165) is 26.8 Å². The smallest absolute Gasteiger partial charge is 0.133 e. The number of hydrogen-bond acceptors (Lipinski definition) is 2. The van der Waals surface area contributed by atoms with E-state index in [9.17, 15) is 0 Å². The zero-order valence-corrected chi connectivity index (χ0v) is 10.5. The number of imidazole rings is 1. The van der Waals surface area contributed by atoms with E-state index in [4.69, 9.17) is 5.73 Å². The average Bonchev–Trinajstić information content (AvgIpc) is 2.46. The van der Waals surface area contributed by atoms with Gasteiger partial charge in [-0.25, -0.2) is 4.98 Å². The van der Waals surface area contributed by atoms with E-state index in [1.54, 1.807) is 0 Å². The maximum atomic E-state index is 5.52. The molecule has 5 heteroatoms. The van der Waals surface area contributed by atoms with Crippen LogP contribution in [0, 0.1) is 0 Å². The lowest BCUT2D eigenvalue weighted by Gasteiger charge is -1.99. The fourth-order valence-electron chi connectivity index (χ4n) is 1.42. The molecule has 0 atom stereocenters. The average molecular weight is 319 g/mol. The number of hydrogen-bond donors (Lipinski definition) is 1. The largest absolute Gasteiger partial charge is 0.330 e. The SMILES string of the molecule is NCCc1nc(Br)c2c(Br)cccn12. The Balaban J connectivity index is 2.71. The lowest BCUT2D eigenvalue weighted by Crippen LogP contribution is -2.06. The first-order valence-corrected chi connectivity index (χ1v) is 5.83. The van der Waals surface area contributed by atoms with Crippen molar-refractivity contribution < 1.29 is 0 Å². The van der Waals surface area contributed by atoms with E-state index >= 15 is 0 Å². The lowest BCUT2D eigenvalue weighted by molar-refractivity contribution is 0.861. The molecule has 0 bridgehead atoms. The van der Waals surface area contributed by atoms with Crippen LogP contribution >= 0.6 is 31.9 Å². The van der Waals surface area contributed by atoms with Gasteiger partial charge in [0.1, 0.15) is 10.4 Å². The maximum absolute atomic E-state index is 5.52. The molecule has 0 unspecified atom stereocenters. The highest BCUT2D eigenvalue weighted by Gasteiger charge is 2.10. The summed E-state index contributed by atoms with van der Waals surface area (Å²) in [4.78, 5) is 4.41. The fraction of sp³-hybridized carbons (Fsp3) is 0.222. The summed E-state index contributed by atoms with van der Waals surface area (Å²) in [5, 5.41) is 0. The summed E-state index contributed by atoms with van der Waals surface area (Å²) < 4.78 is 3.93.